The standard InChI is InChI=1S/C25H33NO3/c1-6-16-28-23-15-13-21(25(3,4)5)24(29-17-7-2)20(23)12-14-22(27)18-8-10-19(26)11-9-18/h8-15H,6-7,16-17,26H2,1-5H3/b14-12+. The quantitative estimate of drug-likeness (QED) is 0.319. The van der Waals surface area contributed by atoms with Gasteiger partial charge in [-0.1, -0.05) is 40.7 Å². The Hall–Kier alpha value is -2.75. The Morgan fingerprint density at radius 3 is 2.17 bits per heavy atom. The molecule has 0 saturated carbocycles. The number of hydrogen-bond donors (Lipinski definition) is 1. The van der Waals surface area contributed by atoms with Crippen LogP contribution in [0, 0.1) is 0 Å². The SMILES string of the molecule is CCCOc1ccc(C(C)(C)C)c(OCCC)c1/C=C/C(=O)c1ccc(N)cc1. The fourth-order valence-electron chi connectivity index (χ4n) is 2.93. The van der Waals surface area contributed by atoms with E-state index in [0.717, 1.165) is 35.5 Å². The Bertz CT molecular complexity index is 846. The van der Waals surface area contributed by atoms with Crippen molar-refractivity contribution in [3.05, 3.63) is 59.2 Å². The molecule has 0 saturated heterocycles. The zero-order chi connectivity index (χ0) is 21.4. The highest BCUT2D eigenvalue weighted by Crippen LogP contribution is 2.40. The van der Waals surface area contributed by atoms with Gasteiger partial charge in [0.2, 0.25) is 0 Å². The molecule has 2 N–H and O–H groups in total. The third kappa shape index (κ3) is 6.11. The molecule has 0 heterocycles. The number of carbonyl (C=O) groups is 1. The molecule has 0 fully saturated rings. The summed E-state index contributed by atoms with van der Waals surface area (Å²) in [4.78, 5) is 12.7. The van der Waals surface area contributed by atoms with Crippen LogP contribution in [0.1, 0.15) is 68.9 Å². The highest BCUT2D eigenvalue weighted by Gasteiger charge is 2.23. The number of hydrogen-bond acceptors (Lipinski definition) is 4. The molecule has 0 bridgehead atoms. The van der Waals surface area contributed by atoms with E-state index >= 15 is 0 Å². The van der Waals surface area contributed by atoms with Crippen LogP contribution in [0.15, 0.2) is 42.5 Å². The van der Waals surface area contributed by atoms with Gasteiger partial charge in [0.15, 0.2) is 5.78 Å². The summed E-state index contributed by atoms with van der Waals surface area (Å²) in [6.45, 7) is 11.8. The fraction of sp³-hybridized carbons (Fsp3) is 0.400. The van der Waals surface area contributed by atoms with Crippen molar-refractivity contribution in [3.63, 3.8) is 0 Å². The van der Waals surface area contributed by atoms with Gasteiger partial charge in [-0.15, -0.1) is 0 Å². The molecule has 156 valence electrons. The van der Waals surface area contributed by atoms with Gasteiger partial charge in [0.25, 0.3) is 0 Å². The second-order valence-electron chi connectivity index (χ2n) is 8.12. The second kappa shape index (κ2) is 10.1. The van der Waals surface area contributed by atoms with Crippen molar-refractivity contribution in [3.8, 4) is 11.5 Å². The van der Waals surface area contributed by atoms with Gasteiger partial charge in [0.1, 0.15) is 11.5 Å². The predicted molar refractivity (Wildman–Crippen MR) is 121 cm³/mol. The number of benzene rings is 2. The minimum Gasteiger partial charge on any atom is -0.493 e. The van der Waals surface area contributed by atoms with Crippen LogP contribution >= 0.6 is 0 Å². The van der Waals surface area contributed by atoms with Crippen molar-refractivity contribution in [1.82, 2.24) is 0 Å². The van der Waals surface area contributed by atoms with Crippen LogP contribution in [0.4, 0.5) is 5.69 Å². The molecular formula is C25H33NO3. The fourth-order valence-corrected chi connectivity index (χ4v) is 2.93. The lowest BCUT2D eigenvalue weighted by atomic mass is 9.84. The number of carbonyl (C=O) groups excluding carboxylic acids is 1. The van der Waals surface area contributed by atoms with Crippen LogP contribution in [-0.4, -0.2) is 19.0 Å². The Kier molecular flexibility index (Phi) is 7.89. The molecule has 2 rings (SSSR count). The Balaban J connectivity index is 2.51. The van der Waals surface area contributed by atoms with E-state index in [1.54, 1.807) is 30.3 Å². The van der Waals surface area contributed by atoms with Gasteiger partial charge in [0.05, 0.1) is 18.8 Å². The topological polar surface area (TPSA) is 61.5 Å². The van der Waals surface area contributed by atoms with Gasteiger partial charge in [-0.05, 0) is 60.7 Å². The molecule has 4 nitrogen and oxygen atoms in total. The molecule has 0 amide bonds. The number of anilines is 1. The number of nitrogen functional groups attached to an aromatic ring is 1. The normalized spacial score (nSPS) is 11.6. The highest BCUT2D eigenvalue weighted by molar-refractivity contribution is 6.07. The van der Waals surface area contributed by atoms with Crippen molar-refractivity contribution in [2.75, 3.05) is 18.9 Å². The van der Waals surface area contributed by atoms with Crippen molar-refractivity contribution < 1.29 is 14.3 Å². The van der Waals surface area contributed by atoms with E-state index < -0.39 is 0 Å². The third-order valence-corrected chi connectivity index (χ3v) is 4.47. The monoisotopic (exact) mass is 395 g/mol. The van der Waals surface area contributed by atoms with Crippen LogP contribution in [0.25, 0.3) is 6.08 Å². The summed E-state index contributed by atoms with van der Waals surface area (Å²) in [5, 5.41) is 0. The zero-order valence-electron chi connectivity index (χ0n) is 18.2. The van der Waals surface area contributed by atoms with Crippen LogP contribution < -0.4 is 15.2 Å². The van der Waals surface area contributed by atoms with Gasteiger partial charge in [-0.2, -0.15) is 0 Å². The van der Waals surface area contributed by atoms with E-state index in [9.17, 15) is 4.79 Å². The zero-order valence-corrected chi connectivity index (χ0v) is 18.2. The van der Waals surface area contributed by atoms with Gasteiger partial charge in [-0.25, -0.2) is 0 Å². The summed E-state index contributed by atoms with van der Waals surface area (Å²) in [6, 6.07) is 11.0. The summed E-state index contributed by atoms with van der Waals surface area (Å²) in [5.41, 5.74) is 8.74. The average Bonchev–Trinajstić information content (AvgIpc) is 2.68. The summed E-state index contributed by atoms with van der Waals surface area (Å²) >= 11 is 0. The maximum atomic E-state index is 12.7. The molecule has 0 aromatic heterocycles. The van der Waals surface area contributed by atoms with E-state index in [2.05, 4.69) is 40.7 Å². The van der Waals surface area contributed by atoms with Crippen molar-refractivity contribution >= 4 is 17.5 Å². The predicted octanol–water partition coefficient (Wildman–Crippen LogP) is 6.04. The molecule has 2 aromatic rings. The van der Waals surface area contributed by atoms with E-state index in [0.29, 0.717) is 24.5 Å². The molecule has 0 radical (unpaired) electrons. The van der Waals surface area contributed by atoms with Crippen molar-refractivity contribution in [1.29, 1.82) is 0 Å². The third-order valence-electron chi connectivity index (χ3n) is 4.47. The lowest BCUT2D eigenvalue weighted by Crippen LogP contribution is -2.15. The van der Waals surface area contributed by atoms with E-state index in [-0.39, 0.29) is 11.2 Å². The number of rotatable bonds is 9. The number of allylic oxidation sites excluding steroid dienone is 1. The number of ketones is 1. The molecule has 29 heavy (non-hydrogen) atoms. The summed E-state index contributed by atoms with van der Waals surface area (Å²) in [7, 11) is 0. The van der Waals surface area contributed by atoms with Crippen LogP contribution in [0.2, 0.25) is 0 Å². The maximum Gasteiger partial charge on any atom is 0.185 e. The first kappa shape index (κ1) is 22.5. The van der Waals surface area contributed by atoms with Gasteiger partial charge < -0.3 is 15.2 Å². The molecule has 0 aliphatic rings. The molecular weight excluding hydrogens is 362 g/mol. The molecule has 0 spiro atoms. The van der Waals surface area contributed by atoms with Gasteiger partial charge in [0, 0.05) is 16.8 Å². The summed E-state index contributed by atoms with van der Waals surface area (Å²) in [6.07, 6.45) is 5.19. The number of nitrogens with two attached hydrogens (primary N) is 1. The highest BCUT2D eigenvalue weighted by atomic mass is 16.5. The first-order valence-electron chi connectivity index (χ1n) is 10.3. The van der Waals surface area contributed by atoms with E-state index in [4.69, 9.17) is 15.2 Å². The average molecular weight is 396 g/mol. The second-order valence-corrected chi connectivity index (χ2v) is 8.12. The molecule has 0 aliphatic carbocycles. The summed E-state index contributed by atoms with van der Waals surface area (Å²) in [5.74, 6) is 1.43. The molecule has 4 heteroatoms. The van der Waals surface area contributed by atoms with Gasteiger partial charge >= 0.3 is 0 Å². The summed E-state index contributed by atoms with van der Waals surface area (Å²) < 4.78 is 12.1. The van der Waals surface area contributed by atoms with E-state index in [1.807, 2.05) is 12.1 Å². The largest absolute Gasteiger partial charge is 0.493 e. The van der Waals surface area contributed by atoms with Crippen molar-refractivity contribution in [2.24, 2.45) is 0 Å². The minimum atomic E-state index is -0.101. The molecule has 0 unspecified atom stereocenters. The van der Waals surface area contributed by atoms with Crippen molar-refractivity contribution in [2.45, 2.75) is 52.9 Å². The Morgan fingerprint density at radius 2 is 1.59 bits per heavy atom. The lowest BCUT2D eigenvalue weighted by molar-refractivity contribution is 0.104. The molecule has 2 aromatic carbocycles. The smallest absolute Gasteiger partial charge is 0.185 e. The Labute approximate surface area is 174 Å². The molecule has 0 aliphatic heterocycles. The first-order chi connectivity index (χ1) is 13.8. The lowest BCUT2D eigenvalue weighted by Gasteiger charge is -2.25. The first-order valence-corrected chi connectivity index (χ1v) is 10.3. The Morgan fingerprint density at radius 1 is 0.966 bits per heavy atom. The molecule has 0 atom stereocenters. The minimum absolute atomic E-state index is 0.0888. The van der Waals surface area contributed by atoms with Crippen LogP contribution in [0.3, 0.4) is 0 Å². The maximum absolute atomic E-state index is 12.7. The van der Waals surface area contributed by atoms with Crippen LogP contribution in [0.5, 0.6) is 11.5 Å². The number of ether oxygens (including phenoxy) is 2. The van der Waals surface area contributed by atoms with Crippen LogP contribution in [-0.2, 0) is 5.41 Å². The van der Waals surface area contributed by atoms with Gasteiger partial charge in [-0.3, -0.25) is 4.79 Å². The van der Waals surface area contributed by atoms with E-state index in [1.165, 1.54) is 0 Å².